The predicted octanol–water partition coefficient (Wildman–Crippen LogP) is 4.35. The maximum atomic E-state index is 13.2. The van der Waals surface area contributed by atoms with Gasteiger partial charge >= 0.3 is 0 Å². The van der Waals surface area contributed by atoms with E-state index < -0.39 is 0 Å². The lowest BCUT2D eigenvalue weighted by Crippen LogP contribution is -2.21. The Labute approximate surface area is 202 Å². The molecule has 6 rings (SSSR count). The first-order valence-electron chi connectivity index (χ1n) is 11.6. The summed E-state index contributed by atoms with van der Waals surface area (Å²) in [6.45, 7) is 5.60. The van der Waals surface area contributed by atoms with E-state index in [1.165, 1.54) is 5.56 Å². The maximum Gasteiger partial charge on any atom is 0.255 e. The van der Waals surface area contributed by atoms with E-state index in [9.17, 15) is 4.79 Å². The number of amides is 1. The summed E-state index contributed by atoms with van der Waals surface area (Å²) in [5.41, 5.74) is 8.64. The summed E-state index contributed by atoms with van der Waals surface area (Å²) in [6.07, 6.45) is 12.1. The van der Waals surface area contributed by atoms with Gasteiger partial charge in [0.1, 0.15) is 0 Å². The third-order valence-electron chi connectivity index (χ3n) is 6.42. The van der Waals surface area contributed by atoms with Crippen molar-refractivity contribution in [2.24, 2.45) is 0 Å². The molecular formula is C27H25N7O. The molecule has 8 heteroatoms. The Kier molecular flexibility index (Phi) is 5.06. The quantitative estimate of drug-likeness (QED) is 0.419. The minimum Gasteiger partial charge on any atom is -0.365 e. The van der Waals surface area contributed by atoms with Gasteiger partial charge in [0.2, 0.25) is 0 Å². The fraction of sp³-hybridized carbons (Fsp3) is 0.185. The van der Waals surface area contributed by atoms with E-state index >= 15 is 0 Å². The van der Waals surface area contributed by atoms with Gasteiger partial charge in [-0.3, -0.25) is 14.2 Å². The molecule has 0 atom stereocenters. The van der Waals surface area contributed by atoms with Gasteiger partial charge in [-0.2, -0.15) is 0 Å². The molecule has 35 heavy (non-hydrogen) atoms. The van der Waals surface area contributed by atoms with Crippen molar-refractivity contribution in [1.29, 1.82) is 0 Å². The Morgan fingerprint density at radius 2 is 2.00 bits per heavy atom. The second-order valence-corrected chi connectivity index (χ2v) is 9.00. The second kappa shape index (κ2) is 8.39. The van der Waals surface area contributed by atoms with Crippen LogP contribution in [0.5, 0.6) is 0 Å². The van der Waals surface area contributed by atoms with Crippen LogP contribution in [0, 0.1) is 13.8 Å². The van der Waals surface area contributed by atoms with Gasteiger partial charge in [-0.05, 0) is 61.7 Å². The van der Waals surface area contributed by atoms with E-state index in [1.807, 2.05) is 61.3 Å². The van der Waals surface area contributed by atoms with Crippen LogP contribution in [0.25, 0.3) is 11.3 Å². The van der Waals surface area contributed by atoms with E-state index in [0.29, 0.717) is 5.56 Å². The zero-order chi connectivity index (χ0) is 23.9. The predicted molar refractivity (Wildman–Crippen MR) is 135 cm³/mol. The Balaban J connectivity index is 1.24. The minimum atomic E-state index is -0.126. The van der Waals surface area contributed by atoms with Gasteiger partial charge in [0.05, 0.1) is 36.7 Å². The number of benzene rings is 2. The number of rotatable bonds is 5. The van der Waals surface area contributed by atoms with Gasteiger partial charge in [0, 0.05) is 47.8 Å². The summed E-state index contributed by atoms with van der Waals surface area (Å²) in [6, 6.07) is 12.0. The molecule has 4 heterocycles. The van der Waals surface area contributed by atoms with Crippen molar-refractivity contribution < 1.29 is 4.79 Å². The van der Waals surface area contributed by atoms with Crippen molar-refractivity contribution in [1.82, 2.24) is 23.9 Å². The fourth-order valence-corrected chi connectivity index (χ4v) is 4.71. The van der Waals surface area contributed by atoms with Crippen LogP contribution in [0.4, 0.5) is 11.4 Å². The molecule has 0 aliphatic carbocycles. The number of hydrogen-bond acceptors (Lipinski definition) is 5. The van der Waals surface area contributed by atoms with Gasteiger partial charge in [-0.25, -0.2) is 9.97 Å². The zero-order valence-electron chi connectivity index (χ0n) is 19.6. The van der Waals surface area contributed by atoms with Crippen molar-refractivity contribution in [2.45, 2.75) is 26.8 Å². The van der Waals surface area contributed by atoms with E-state index in [-0.39, 0.29) is 5.91 Å². The lowest BCUT2D eigenvalue weighted by molar-refractivity contribution is 0.102. The van der Waals surface area contributed by atoms with Crippen molar-refractivity contribution in [3.8, 4) is 5.69 Å². The van der Waals surface area contributed by atoms with Crippen molar-refractivity contribution >= 4 is 22.9 Å². The van der Waals surface area contributed by atoms with Crippen LogP contribution in [0.3, 0.4) is 0 Å². The number of nitrogens with one attached hydrogen (secondary N) is 1. The van der Waals surface area contributed by atoms with E-state index in [4.69, 9.17) is 0 Å². The lowest BCUT2D eigenvalue weighted by Gasteiger charge is -2.19. The molecule has 1 N–H and O–H groups in total. The summed E-state index contributed by atoms with van der Waals surface area (Å²) in [5, 5.41) is 3.08. The lowest BCUT2D eigenvalue weighted by atomic mass is 10.1. The van der Waals surface area contributed by atoms with Gasteiger partial charge in [-0.15, -0.1) is 0 Å². The zero-order valence-corrected chi connectivity index (χ0v) is 19.6. The molecule has 3 aromatic heterocycles. The molecule has 2 aromatic carbocycles. The van der Waals surface area contributed by atoms with Gasteiger partial charge < -0.3 is 14.8 Å². The van der Waals surface area contributed by atoms with Crippen molar-refractivity contribution in [2.75, 3.05) is 16.8 Å². The number of imidazole rings is 2. The number of aryl methyl sites for hydroxylation is 2. The molecule has 5 aromatic rings. The van der Waals surface area contributed by atoms with Crippen LogP contribution >= 0.6 is 0 Å². The molecule has 0 fully saturated rings. The first-order chi connectivity index (χ1) is 17.0. The molecule has 1 aliphatic rings. The third-order valence-corrected chi connectivity index (χ3v) is 6.42. The van der Waals surface area contributed by atoms with Crippen LogP contribution in [-0.2, 0) is 13.0 Å². The number of aromatic nitrogens is 5. The Morgan fingerprint density at radius 3 is 2.86 bits per heavy atom. The van der Waals surface area contributed by atoms with Crippen molar-refractivity contribution in [3.05, 3.63) is 102 Å². The molecular weight excluding hydrogens is 438 g/mol. The van der Waals surface area contributed by atoms with Crippen molar-refractivity contribution in [3.63, 3.8) is 0 Å². The third kappa shape index (κ3) is 4.03. The van der Waals surface area contributed by atoms with Crippen LogP contribution in [0.15, 0.2) is 73.7 Å². The molecule has 1 amide bonds. The largest absolute Gasteiger partial charge is 0.365 e. The molecule has 0 saturated carbocycles. The highest BCUT2D eigenvalue weighted by Crippen LogP contribution is 2.31. The number of carbonyl (C=O) groups excluding carboxylic acids is 1. The molecule has 8 nitrogen and oxygen atoms in total. The fourth-order valence-electron chi connectivity index (χ4n) is 4.71. The first kappa shape index (κ1) is 21.1. The monoisotopic (exact) mass is 463 g/mol. The molecule has 0 saturated heterocycles. The standard InChI is InChI=1S/C27H25N7O/c1-18-9-22(12-23(10-18)33-15-19(2)30-17-33)31-27(35)21-4-3-20-5-7-32(25(20)11-21)16-24-13-29-26-14-28-6-8-34(24)26/h3-4,6,8-15,17H,5,7,16H2,1-2H3,(H,31,35). The Hall–Kier alpha value is -4.46. The van der Waals surface area contributed by atoms with Gasteiger partial charge in [-0.1, -0.05) is 6.07 Å². The minimum absolute atomic E-state index is 0.126. The molecule has 174 valence electrons. The molecule has 0 radical (unpaired) electrons. The van der Waals surface area contributed by atoms with Crippen LogP contribution in [0.1, 0.15) is 32.9 Å². The van der Waals surface area contributed by atoms with E-state index in [2.05, 4.69) is 41.7 Å². The summed E-state index contributed by atoms with van der Waals surface area (Å²) in [7, 11) is 0. The average molecular weight is 464 g/mol. The highest BCUT2D eigenvalue weighted by atomic mass is 16.1. The average Bonchev–Trinajstić information content (AvgIpc) is 3.58. The highest BCUT2D eigenvalue weighted by molar-refractivity contribution is 6.05. The van der Waals surface area contributed by atoms with Crippen LogP contribution in [-0.4, -0.2) is 36.4 Å². The molecule has 0 bridgehead atoms. The Morgan fingerprint density at radius 1 is 1.09 bits per heavy atom. The SMILES string of the molecule is Cc1cc(NC(=O)c2ccc3c(c2)N(Cc2cnc4cnccn24)CC3)cc(-n2cnc(C)c2)c1. The molecule has 1 aliphatic heterocycles. The number of carbonyl (C=O) groups is 1. The van der Waals surface area contributed by atoms with Gasteiger partial charge in [0.15, 0.2) is 5.65 Å². The Bertz CT molecular complexity index is 1570. The number of anilines is 2. The number of nitrogens with zero attached hydrogens (tertiary/aromatic N) is 6. The van der Waals surface area contributed by atoms with Crippen LogP contribution in [0.2, 0.25) is 0 Å². The number of hydrogen-bond donors (Lipinski definition) is 1. The maximum absolute atomic E-state index is 13.2. The second-order valence-electron chi connectivity index (χ2n) is 9.00. The molecule has 0 spiro atoms. The summed E-state index contributed by atoms with van der Waals surface area (Å²) < 4.78 is 4.01. The number of fused-ring (bicyclic) bond motifs is 2. The highest BCUT2D eigenvalue weighted by Gasteiger charge is 2.22. The molecule has 0 unspecified atom stereocenters. The normalized spacial score (nSPS) is 12.8. The van der Waals surface area contributed by atoms with E-state index in [0.717, 1.165) is 59.2 Å². The smallest absolute Gasteiger partial charge is 0.255 e. The summed E-state index contributed by atoms with van der Waals surface area (Å²) in [4.78, 5) is 28.4. The van der Waals surface area contributed by atoms with Crippen LogP contribution < -0.4 is 10.2 Å². The summed E-state index contributed by atoms with van der Waals surface area (Å²) in [5.74, 6) is -0.126. The topological polar surface area (TPSA) is 80.4 Å². The van der Waals surface area contributed by atoms with Gasteiger partial charge in [0.25, 0.3) is 5.91 Å². The summed E-state index contributed by atoms with van der Waals surface area (Å²) >= 11 is 0. The van der Waals surface area contributed by atoms with E-state index in [1.54, 1.807) is 18.7 Å². The first-order valence-corrected chi connectivity index (χ1v) is 11.6.